The van der Waals surface area contributed by atoms with Gasteiger partial charge in [-0.2, -0.15) is 0 Å². The van der Waals surface area contributed by atoms with Crippen molar-refractivity contribution in [1.29, 1.82) is 0 Å². The van der Waals surface area contributed by atoms with Gasteiger partial charge in [0.25, 0.3) is 0 Å². The van der Waals surface area contributed by atoms with Crippen molar-refractivity contribution >= 4 is 61.9 Å². The Kier molecular flexibility index (Phi) is 14.0. The number of pyridine rings is 1. The molecule has 2 aromatic heterocycles. The molecule has 12 nitrogen and oxygen atoms in total. The fraction of sp³-hybridized carbons (Fsp3) is 0.490. The lowest BCUT2D eigenvalue weighted by Crippen LogP contribution is -2.48. The zero-order chi connectivity index (χ0) is 45.1. The second-order valence-corrected chi connectivity index (χ2v) is 20.6. The van der Waals surface area contributed by atoms with Crippen molar-refractivity contribution in [1.82, 2.24) is 39.9 Å². The molecule has 2 amide bonds. The Hall–Kier alpha value is -4.44. The summed E-state index contributed by atoms with van der Waals surface area (Å²) in [5, 5.41) is 3.16. The number of carbonyl (C=O) groups excluding carboxylic acids is 2. The van der Waals surface area contributed by atoms with E-state index in [0.29, 0.717) is 30.0 Å². The molecule has 5 aliphatic rings. The third-order valence-electron chi connectivity index (χ3n) is 14.9. The number of likely N-dealkylation sites (tertiary alicyclic amines) is 1. The number of anilines is 2. The normalized spacial score (nSPS) is 21.5. The summed E-state index contributed by atoms with van der Waals surface area (Å²) >= 11 is 9.91. The average molecular weight is 980 g/mol. The van der Waals surface area contributed by atoms with Gasteiger partial charge in [0, 0.05) is 115 Å². The first kappa shape index (κ1) is 45.3. The summed E-state index contributed by atoms with van der Waals surface area (Å²) in [6, 6.07) is 22.2. The van der Waals surface area contributed by atoms with E-state index in [1.807, 2.05) is 30.5 Å². The Morgan fingerprint density at radius 3 is 1.91 bits per heavy atom. The van der Waals surface area contributed by atoms with Crippen molar-refractivity contribution in [3.63, 3.8) is 0 Å². The number of nitrogens with zero attached hydrogens (tertiary/aromatic N) is 8. The first-order valence-corrected chi connectivity index (χ1v) is 25.2. The minimum Gasteiger partial charge on any atom is -0.369 e. The van der Waals surface area contributed by atoms with Crippen molar-refractivity contribution in [2.45, 2.75) is 57.5 Å². The SMILES string of the molecule is O=C1CC[C@@H](c2ccc(N3CCC(CN4CCC(CN5CCN(Cc6ccc(-c7nc8ncc(Br)c(N9CCN(Cc%10ccc(Cl)cc%10)CC9)c8[nH]7)cc6)CC5)CC4)CC3)c(F)c2)C(=O)N1. The van der Waals surface area contributed by atoms with E-state index in [1.54, 1.807) is 0 Å². The number of piperidine rings is 3. The molecule has 2 N–H and O–H groups in total. The van der Waals surface area contributed by atoms with Crippen molar-refractivity contribution in [3.8, 4) is 11.4 Å². The highest BCUT2D eigenvalue weighted by Gasteiger charge is 2.31. The van der Waals surface area contributed by atoms with E-state index in [9.17, 15) is 9.59 Å². The predicted octanol–water partition coefficient (Wildman–Crippen LogP) is 7.77. The molecular weight excluding hydrogens is 919 g/mol. The van der Waals surface area contributed by atoms with Gasteiger partial charge in [0.2, 0.25) is 11.8 Å². The number of aromatic amines is 1. The average Bonchev–Trinajstić information content (AvgIpc) is 3.76. The van der Waals surface area contributed by atoms with E-state index >= 15 is 4.39 Å². The number of benzene rings is 3. The molecule has 5 aromatic rings. The molecule has 0 aliphatic carbocycles. The molecule has 7 heterocycles. The van der Waals surface area contributed by atoms with Gasteiger partial charge >= 0.3 is 0 Å². The van der Waals surface area contributed by atoms with Crippen molar-refractivity contribution in [2.75, 3.05) is 101 Å². The van der Waals surface area contributed by atoms with Gasteiger partial charge in [-0.1, -0.05) is 54.1 Å². The monoisotopic (exact) mass is 978 g/mol. The standard InChI is InChI=1S/C51H61BrClFN10O2/c52-43-30-55-50-47(48(43)64-27-25-62(26-28-64)32-36-3-8-41(53)9-4-36)57-49(58-50)39-5-1-35(2-6-39)31-60-21-23-61(24-22-60)34-37-13-17-59(18-14-37)33-38-15-19-63(20-16-38)45-11-7-40(29-44(45)54)42-10-12-46(65)56-51(42)66/h1-9,11,29-30,37-38,42H,10,12-28,31-34H2,(H,55,57,58)(H,56,65,66)/t42-/m0/s1. The Morgan fingerprint density at radius 2 is 1.27 bits per heavy atom. The number of carbonyl (C=O) groups is 2. The highest BCUT2D eigenvalue weighted by atomic mass is 79.9. The van der Waals surface area contributed by atoms with Crippen LogP contribution in [0.2, 0.25) is 5.02 Å². The summed E-state index contributed by atoms with van der Waals surface area (Å²) in [4.78, 5) is 52.2. The smallest absolute Gasteiger partial charge is 0.234 e. The molecule has 66 heavy (non-hydrogen) atoms. The van der Waals surface area contributed by atoms with Gasteiger partial charge in [-0.25, -0.2) is 14.4 Å². The van der Waals surface area contributed by atoms with Crippen molar-refractivity contribution in [2.24, 2.45) is 11.8 Å². The van der Waals surface area contributed by atoms with E-state index < -0.39 is 5.92 Å². The molecule has 0 bridgehead atoms. The van der Waals surface area contributed by atoms with Crippen LogP contribution in [0.25, 0.3) is 22.6 Å². The lowest BCUT2D eigenvalue weighted by atomic mass is 9.90. The summed E-state index contributed by atoms with van der Waals surface area (Å²) < 4.78 is 16.3. The zero-order valence-electron chi connectivity index (χ0n) is 37.7. The largest absolute Gasteiger partial charge is 0.369 e. The van der Waals surface area contributed by atoms with Crippen molar-refractivity contribution in [3.05, 3.63) is 105 Å². The van der Waals surface area contributed by atoms with Crippen LogP contribution in [-0.4, -0.2) is 138 Å². The number of imide groups is 1. The quantitative estimate of drug-likeness (QED) is 0.121. The summed E-state index contributed by atoms with van der Waals surface area (Å²) in [6.45, 7) is 16.5. The van der Waals surface area contributed by atoms with Gasteiger partial charge in [0.1, 0.15) is 17.2 Å². The number of halogens is 3. The van der Waals surface area contributed by atoms with E-state index in [4.69, 9.17) is 16.6 Å². The Labute approximate surface area is 401 Å². The van der Waals surface area contributed by atoms with Crippen LogP contribution in [0.4, 0.5) is 15.8 Å². The number of H-pyrrole nitrogens is 1. The first-order chi connectivity index (χ1) is 32.2. The summed E-state index contributed by atoms with van der Waals surface area (Å²) in [7, 11) is 0. The number of hydrogen-bond acceptors (Lipinski definition) is 10. The fourth-order valence-electron chi connectivity index (χ4n) is 10.9. The minimum atomic E-state index is -0.465. The maximum absolute atomic E-state index is 15.3. The molecule has 5 fully saturated rings. The van der Waals surface area contributed by atoms with Crippen LogP contribution in [0.15, 0.2) is 77.4 Å². The predicted molar refractivity (Wildman–Crippen MR) is 263 cm³/mol. The number of rotatable bonds is 12. The number of amides is 2. The van der Waals surface area contributed by atoms with Crippen LogP contribution < -0.4 is 15.1 Å². The molecule has 15 heteroatoms. The lowest BCUT2D eigenvalue weighted by molar-refractivity contribution is -0.134. The molecule has 5 saturated heterocycles. The van der Waals surface area contributed by atoms with Crippen molar-refractivity contribution < 1.29 is 14.0 Å². The topological polar surface area (TPSA) is 107 Å². The van der Waals surface area contributed by atoms with Gasteiger partial charge in [-0.3, -0.25) is 24.7 Å². The maximum Gasteiger partial charge on any atom is 0.234 e. The molecule has 0 saturated carbocycles. The molecule has 1 atom stereocenters. The van der Waals surface area contributed by atoms with E-state index in [2.05, 4.69) is 97.0 Å². The molecule has 3 aromatic carbocycles. The van der Waals surface area contributed by atoms with Gasteiger partial charge < -0.3 is 24.6 Å². The summed E-state index contributed by atoms with van der Waals surface area (Å²) in [5.74, 6) is 0.915. The van der Waals surface area contributed by atoms with Gasteiger partial charge in [0.05, 0.1) is 21.8 Å². The molecule has 0 radical (unpaired) electrons. The maximum atomic E-state index is 15.3. The van der Waals surface area contributed by atoms with Gasteiger partial charge in [-0.05, 0) is 114 Å². The van der Waals surface area contributed by atoms with Crippen LogP contribution in [0, 0.1) is 17.7 Å². The lowest BCUT2D eigenvalue weighted by Gasteiger charge is -2.40. The van der Waals surface area contributed by atoms with E-state index in [0.717, 1.165) is 142 Å². The van der Waals surface area contributed by atoms with E-state index in [1.165, 1.54) is 49.7 Å². The van der Waals surface area contributed by atoms with Crippen LogP contribution in [0.3, 0.4) is 0 Å². The fourth-order valence-corrected chi connectivity index (χ4v) is 11.6. The van der Waals surface area contributed by atoms with Gasteiger partial charge in [0.15, 0.2) is 5.65 Å². The van der Waals surface area contributed by atoms with Crippen LogP contribution >= 0.6 is 27.5 Å². The third kappa shape index (κ3) is 10.6. The summed E-state index contributed by atoms with van der Waals surface area (Å²) in [6.07, 6.45) is 7.25. The Morgan fingerprint density at radius 1 is 0.682 bits per heavy atom. The number of aromatic nitrogens is 3. The number of fused-ring (bicyclic) bond motifs is 1. The zero-order valence-corrected chi connectivity index (χ0v) is 40.1. The van der Waals surface area contributed by atoms with Gasteiger partial charge in [-0.15, -0.1) is 0 Å². The number of nitrogens with one attached hydrogen (secondary N) is 2. The van der Waals surface area contributed by atoms with Crippen LogP contribution in [0.5, 0.6) is 0 Å². The second-order valence-electron chi connectivity index (χ2n) is 19.3. The highest BCUT2D eigenvalue weighted by molar-refractivity contribution is 9.10. The molecule has 0 spiro atoms. The Bertz CT molecular complexity index is 2470. The molecular formula is C51H61BrClFN10O2. The van der Waals surface area contributed by atoms with E-state index in [-0.39, 0.29) is 17.6 Å². The molecule has 5 aliphatic heterocycles. The second kappa shape index (κ2) is 20.4. The number of hydrogen-bond donors (Lipinski definition) is 2. The summed E-state index contributed by atoms with van der Waals surface area (Å²) in [5.41, 5.74) is 7.79. The molecule has 10 rings (SSSR count). The number of piperazine rings is 2. The van der Waals surface area contributed by atoms with Crippen LogP contribution in [-0.2, 0) is 22.7 Å². The molecule has 348 valence electrons. The highest BCUT2D eigenvalue weighted by Crippen LogP contribution is 2.36. The minimum absolute atomic E-state index is 0.253. The van der Waals surface area contributed by atoms with Crippen LogP contribution in [0.1, 0.15) is 61.1 Å². The molecule has 0 unspecified atom stereocenters. The first-order valence-electron chi connectivity index (χ1n) is 24.1. The third-order valence-corrected chi connectivity index (χ3v) is 15.7. The Balaban J connectivity index is 0.637. The number of imidazole rings is 1.